The second-order valence-corrected chi connectivity index (χ2v) is 3.82. The molecule has 1 aromatic rings. The normalized spacial score (nSPS) is 12.3. The van der Waals surface area contributed by atoms with Crippen LogP contribution in [0.2, 0.25) is 0 Å². The average Bonchev–Trinajstić information content (AvgIpc) is 2.88. The van der Waals surface area contributed by atoms with Crippen molar-refractivity contribution in [1.29, 1.82) is 21.0 Å². The zero-order chi connectivity index (χ0) is 15.8. The van der Waals surface area contributed by atoms with Crippen LogP contribution in [0.5, 0.6) is 0 Å². The molecule has 10 heteroatoms. The van der Waals surface area contributed by atoms with Crippen LogP contribution < -0.4 is 29.6 Å². The third-order valence-corrected chi connectivity index (χ3v) is 2.69. The Balaban J connectivity index is 0.00000242. The van der Waals surface area contributed by atoms with Crippen molar-refractivity contribution in [3.8, 4) is 24.3 Å². The van der Waals surface area contributed by atoms with Gasteiger partial charge in [0.1, 0.15) is 35.0 Å². The molecule has 1 heterocycles. The largest absolute Gasteiger partial charge is 1.00 e. The van der Waals surface area contributed by atoms with Gasteiger partial charge in [-0.3, -0.25) is 0 Å². The van der Waals surface area contributed by atoms with Gasteiger partial charge in [0.05, 0.1) is 22.3 Å². The van der Waals surface area contributed by atoms with E-state index < -0.39 is 45.3 Å². The quantitative estimate of drug-likeness (QED) is 0.488. The Bertz CT molecular complexity index is 872. The first-order valence-corrected chi connectivity index (χ1v) is 5.21. The predicted octanol–water partition coefficient (Wildman–Crippen LogP) is -2.57. The Morgan fingerprint density at radius 1 is 0.773 bits per heavy atom. The molecule has 0 radical (unpaired) electrons. The maximum atomic E-state index is 12.7. The van der Waals surface area contributed by atoms with Crippen LogP contribution >= 0.6 is 0 Å². The molecule has 6 nitrogen and oxygen atoms in total. The summed E-state index contributed by atoms with van der Waals surface area (Å²) in [7, 11) is 0. The number of halogens is 3. The molecule has 1 aromatic carbocycles. The minimum atomic E-state index is -4.79. The number of nitrogens with zero attached hydrogens (tertiary/aromatic N) is 6. The van der Waals surface area contributed by atoms with Crippen molar-refractivity contribution in [1.82, 2.24) is 0 Å². The van der Waals surface area contributed by atoms with E-state index in [9.17, 15) is 13.2 Å². The molecular formula is C12H2F3LiN6. The molecule has 0 N–H and O–H groups in total. The fraction of sp³-hybridized carbons (Fsp3) is 0.167. The van der Waals surface area contributed by atoms with Crippen LogP contribution in [0.4, 0.5) is 13.2 Å². The minimum absolute atomic E-state index is 0. The van der Waals surface area contributed by atoms with Gasteiger partial charge in [0.2, 0.25) is 6.17 Å². The van der Waals surface area contributed by atoms with Gasteiger partial charge in [-0.05, 0) is 0 Å². The van der Waals surface area contributed by atoms with Crippen LogP contribution in [0.25, 0.3) is 0 Å². The zero-order valence-corrected chi connectivity index (χ0v) is 10.9. The Morgan fingerprint density at radius 2 is 1.09 bits per heavy atom. The van der Waals surface area contributed by atoms with Gasteiger partial charge in [0, 0.05) is 0 Å². The van der Waals surface area contributed by atoms with Crippen LogP contribution in [0.15, 0.2) is 9.98 Å². The van der Waals surface area contributed by atoms with Crippen molar-refractivity contribution in [2.45, 2.75) is 12.3 Å². The molecule has 0 aromatic heterocycles. The van der Waals surface area contributed by atoms with Gasteiger partial charge in [0.25, 0.3) is 0 Å². The molecule has 0 aliphatic carbocycles. The second kappa shape index (κ2) is 5.88. The molecular weight excluding hydrogens is 292 g/mol. The van der Waals surface area contributed by atoms with E-state index in [1.165, 1.54) is 0 Å². The Labute approximate surface area is 134 Å². The first-order chi connectivity index (χ1) is 9.88. The van der Waals surface area contributed by atoms with E-state index >= 15 is 0 Å². The summed E-state index contributed by atoms with van der Waals surface area (Å²) in [5, 5.41) is 35.0. The molecule has 0 bridgehead atoms. The summed E-state index contributed by atoms with van der Waals surface area (Å²) < 4.78 is 38.0. The maximum Gasteiger partial charge on any atom is 1.00 e. The smallest absolute Gasteiger partial charge is 1.00 e. The SMILES string of the molecule is N#Cc1c(C#N)c(C#N)c2c(c1C#N)=NC(C(F)(F)F)N=2.[H-].[Li+]. The molecule has 2 rings (SSSR count). The van der Waals surface area contributed by atoms with E-state index in [-0.39, 0.29) is 20.3 Å². The second-order valence-electron chi connectivity index (χ2n) is 3.82. The Morgan fingerprint density at radius 3 is 1.32 bits per heavy atom. The van der Waals surface area contributed by atoms with E-state index in [0.717, 1.165) is 0 Å². The maximum absolute atomic E-state index is 12.7. The number of benzene rings is 1. The van der Waals surface area contributed by atoms with Crippen molar-refractivity contribution in [3.63, 3.8) is 0 Å². The van der Waals surface area contributed by atoms with Crippen molar-refractivity contribution in [2.75, 3.05) is 0 Å². The minimum Gasteiger partial charge on any atom is -1.00 e. The molecule has 0 fully saturated rings. The van der Waals surface area contributed by atoms with Gasteiger partial charge in [-0.2, -0.15) is 34.2 Å². The van der Waals surface area contributed by atoms with Crippen LogP contribution in [0.3, 0.4) is 0 Å². The molecule has 1 aliphatic heterocycles. The summed E-state index contributed by atoms with van der Waals surface area (Å²) >= 11 is 0. The fourth-order valence-corrected chi connectivity index (χ4v) is 1.84. The summed E-state index contributed by atoms with van der Waals surface area (Å²) in [6.45, 7) is 0. The average molecular weight is 294 g/mol. The molecule has 0 saturated carbocycles. The van der Waals surface area contributed by atoms with E-state index in [1.54, 1.807) is 24.3 Å². The number of rotatable bonds is 0. The molecule has 0 spiro atoms. The zero-order valence-electron chi connectivity index (χ0n) is 11.9. The molecule has 0 saturated heterocycles. The standard InChI is InChI=1S/C12HF3N6.Li.H/c13-12(14,15)11-20-9-7(3-18)5(1-16)6(2-17)8(4-19)10(9)21-11;;/h11H;;/q;+1;-1. The summed E-state index contributed by atoms with van der Waals surface area (Å²) in [5.74, 6) is 0. The number of hydrogen-bond donors (Lipinski definition) is 0. The van der Waals surface area contributed by atoms with Crippen LogP contribution in [-0.4, -0.2) is 12.3 Å². The third-order valence-electron chi connectivity index (χ3n) is 2.69. The molecule has 22 heavy (non-hydrogen) atoms. The van der Waals surface area contributed by atoms with Crippen LogP contribution in [0.1, 0.15) is 23.7 Å². The predicted molar refractivity (Wildman–Crippen MR) is 58.6 cm³/mol. The molecule has 0 amide bonds. The third kappa shape index (κ3) is 2.41. The monoisotopic (exact) mass is 294 g/mol. The molecule has 0 unspecified atom stereocenters. The van der Waals surface area contributed by atoms with Crippen LogP contribution in [0, 0.1) is 45.3 Å². The van der Waals surface area contributed by atoms with Crippen molar-refractivity contribution < 1.29 is 33.5 Å². The first-order valence-electron chi connectivity index (χ1n) is 5.21. The van der Waals surface area contributed by atoms with Crippen molar-refractivity contribution in [3.05, 3.63) is 33.0 Å². The van der Waals surface area contributed by atoms with E-state index in [0.29, 0.717) is 0 Å². The van der Waals surface area contributed by atoms with Gasteiger partial charge < -0.3 is 1.43 Å². The van der Waals surface area contributed by atoms with E-state index in [4.69, 9.17) is 21.0 Å². The number of hydrogen-bond acceptors (Lipinski definition) is 6. The number of alkyl halides is 3. The van der Waals surface area contributed by atoms with Gasteiger partial charge in [0.15, 0.2) is 0 Å². The van der Waals surface area contributed by atoms with Crippen molar-refractivity contribution in [2.24, 2.45) is 9.98 Å². The summed E-state index contributed by atoms with van der Waals surface area (Å²) in [5.41, 5.74) is -1.92. The summed E-state index contributed by atoms with van der Waals surface area (Å²) in [4.78, 5) is 6.52. The van der Waals surface area contributed by atoms with Gasteiger partial charge in [-0.15, -0.1) is 0 Å². The van der Waals surface area contributed by atoms with Crippen molar-refractivity contribution >= 4 is 0 Å². The van der Waals surface area contributed by atoms with Gasteiger partial charge >= 0.3 is 25.0 Å². The van der Waals surface area contributed by atoms with Crippen LogP contribution in [-0.2, 0) is 0 Å². The number of fused-ring (bicyclic) bond motifs is 1. The Kier molecular flexibility index (Phi) is 4.60. The fourth-order valence-electron chi connectivity index (χ4n) is 1.84. The number of nitriles is 4. The Hall–Kier alpha value is -2.83. The summed E-state index contributed by atoms with van der Waals surface area (Å²) in [6, 6.07) is 6.17. The van der Waals surface area contributed by atoms with E-state index in [2.05, 4.69) is 9.98 Å². The molecule has 0 atom stereocenters. The first kappa shape index (κ1) is 17.2. The topological polar surface area (TPSA) is 120 Å². The van der Waals surface area contributed by atoms with E-state index in [1.807, 2.05) is 0 Å². The summed E-state index contributed by atoms with van der Waals surface area (Å²) in [6.07, 6.45) is -7.25. The van der Waals surface area contributed by atoms with Gasteiger partial charge in [-0.25, -0.2) is 9.98 Å². The molecule has 102 valence electrons. The van der Waals surface area contributed by atoms with Gasteiger partial charge in [-0.1, -0.05) is 0 Å². The molecule has 1 aliphatic rings.